The van der Waals surface area contributed by atoms with Crippen molar-refractivity contribution in [3.63, 3.8) is 0 Å². The first kappa shape index (κ1) is 16.4. The number of carbonyl (C=O) groups excluding carboxylic acids is 2. The molecule has 1 atom stereocenters. The van der Waals surface area contributed by atoms with Crippen molar-refractivity contribution in [2.45, 2.75) is 46.1 Å². The average Bonchev–Trinajstić information content (AvgIpc) is 3.20. The molecule has 0 bridgehead atoms. The summed E-state index contributed by atoms with van der Waals surface area (Å²) in [5.74, 6) is -0.682. The molecule has 1 fully saturated rings. The Balaban J connectivity index is 2.01. The van der Waals surface area contributed by atoms with E-state index in [1.54, 1.807) is 6.07 Å². The molecular weight excluding hydrogens is 306 g/mol. The van der Waals surface area contributed by atoms with Crippen molar-refractivity contribution < 1.29 is 9.59 Å². The van der Waals surface area contributed by atoms with Gasteiger partial charge in [0.1, 0.15) is 11.3 Å². The highest BCUT2D eigenvalue weighted by Crippen LogP contribution is 2.36. The van der Waals surface area contributed by atoms with Crippen LogP contribution in [0.3, 0.4) is 0 Å². The molecule has 1 saturated heterocycles. The zero-order valence-electron chi connectivity index (χ0n) is 14.3. The molecular formula is C17H23N5O2. The summed E-state index contributed by atoms with van der Waals surface area (Å²) in [6.07, 6.45) is 5.89. The summed E-state index contributed by atoms with van der Waals surface area (Å²) in [5.41, 5.74) is 6.34. The summed E-state index contributed by atoms with van der Waals surface area (Å²) < 4.78 is 1.41. The Bertz CT molecular complexity index is 795. The third-order valence-electron chi connectivity index (χ3n) is 5.21. The molecule has 3 heterocycles. The van der Waals surface area contributed by atoms with E-state index in [0.29, 0.717) is 11.3 Å². The van der Waals surface area contributed by atoms with Crippen molar-refractivity contribution >= 4 is 17.5 Å². The maximum atomic E-state index is 13.1. The predicted molar refractivity (Wildman–Crippen MR) is 89.6 cm³/mol. The maximum Gasteiger partial charge on any atom is 0.272 e. The Morgan fingerprint density at radius 2 is 2.17 bits per heavy atom. The molecule has 1 aliphatic rings. The van der Waals surface area contributed by atoms with Crippen LogP contribution in [0.5, 0.6) is 0 Å². The minimum absolute atomic E-state index is 0.0564. The van der Waals surface area contributed by atoms with E-state index in [4.69, 9.17) is 5.73 Å². The second kappa shape index (κ2) is 5.89. The van der Waals surface area contributed by atoms with Crippen molar-refractivity contribution in [1.82, 2.24) is 19.5 Å². The van der Waals surface area contributed by atoms with Crippen LogP contribution in [0, 0.1) is 5.41 Å². The largest absolute Gasteiger partial charge is 0.365 e. The van der Waals surface area contributed by atoms with Crippen LogP contribution in [0.1, 0.15) is 60.9 Å². The monoisotopic (exact) mass is 329 g/mol. The Morgan fingerprint density at radius 1 is 1.42 bits per heavy atom. The van der Waals surface area contributed by atoms with Crippen LogP contribution in [0.2, 0.25) is 0 Å². The van der Waals surface area contributed by atoms with Crippen LogP contribution >= 0.6 is 0 Å². The number of hydrogen-bond donors (Lipinski definition) is 1. The summed E-state index contributed by atoms with van der Waals surface area (Å²) in [6.45, 7) is 7.29. The third kappa shape index (κ3) is 2.53. The molecule has 24 heavy (non-hydrogen) atoms. The second-order valence-electron chi connectivity index (χ2n) is 6.99. The zero-order chi connectivity index (χ0) is 17.5. The highest BCUT2D eigenvalue weighted by atomic mass is 16.2. The minimum Gasteiger partial charge on any atom is -0.365 e. The highest BCUT2D eigenvalue weighted by Gasteiger charge is 2.39. The Labute approximate surface area is 140 Å². The van der Waals surface area contributed by atoms with E-state index in [-0.39, 0.29) is 22.9 Å². The number of nitrogens with zero attached hydrogens (tertiary/aromatic N) is 4. The molecule has 128 valence electrons. The smallest absolute Gasteiger partial charge is 0.272 e. The third-order valence-corrected chi connectivity index (χ3v) is 5.21. The van der Waals surface area contributed by atoms with Crippen LogP contribution in [-0.4, -0.2) is 43.9 Å². The molecule has 2 aromatic heterocycles. The van der Waals surface area contributed by atoms with Crippen molar-refractivity contribution in [3.05, 3.63) is 29.7 Å². The Kier molecular flexibility index (Phi) is 4.03. The number of aromatic nitrogens is 3. The lowest BCUT2D eigenvalue weighted by molar-refractivity contribution is 0.0587. The van der Waals surface area contributed by atoms with Crippen molar-refractivity contribution in [2.75, 3.05) is 6.54 Å². The molecule has 0 saturated carbocycles. The number of primary amides is 1. The first-order valence-corrected chi connectivity index (χ1v) is 8.30. The number of hydrogen-bond acceptors (Lipinski definition) is 4. The normalized spacial score (nSPS) is 18.3. The fourth-order valence-electron chi connectivity index (χ4n) is 3.43. The molecule has 0 aromatic carbocycles. The Morgan fingerprint density at radius 3 is 2.83 bits per heavy atom. The SMILES string of the molecule is CCC(C)(C)[C@H]1CCCN1C(=O)c1ccnc2c(C(N)=O)cnn12. The average molecular weight is 329 g/mol. The highest BCUT2D eigenvalue weighted by molar-refractivity contribution is 6.00. The van der Waals surface area contributed by atoms with Gasteiger partial charge in [0.25, 0.3) is 11.8 Å². The molecule has 2 N–H and O–H groups in total. The van der Waals surface area contributed by atoms with E-state index in [0.717, 1.165) is 25.8 Å². The van der Waals surface area contributed by atoms with Gasteiger partial charge in [0, 0.05) is 18.8 Å². The van der Waals surface area contributed by atoms with Gasteiger partial charge < -0.3 is 10.6 Å². The van der Waals surface area contributed by atoms with Crippen LogP contribution in [0.25, 0.3) is 5.65 Å². The van der Waals surface area contributed by atoms with E-state index in [1.807, 2.05) is 4.90 Å². The van der Waals surface area contributed by atoms with Gasteiger partial charge in [0.15, 0.2) is 5.65 Å². The van der Waals surface area contributed by atoms with E-state index >= 15 is 0 Å². The van der Waals surface area contributed by atoms with Crippen LogP contribution in [-0.2, 0) is 0 Å². The van der Waals surface area contributed by atoms with E-state index in [2.05, 4.69) is 30.9 Å². The van der Waals surface area contributed by atoms with Crippen LogP contribution in [0.15, 0.2) is 18.5 Å². The van der Waals surface area contributed by atoms with Gasteiger partial charge in [-0.25, -0.2) is 9.50 Å². The number of fused-ring (bicyclic) bond motifs is 1. The first-order valence-electron chi connectivity index (χ1n) is 8.30. The number of likely N-dealkylation sites (tertiary alicyclic amines) is 1. The van der Waals surface area contributed by atoms with Crippen LogP contribution < -0.4 is 5.73 Å². The van der Waals surface area contributed by atoms with E-state index in [1.165, 1.54) is 16.9 Å². The summed E-state index contributed by atoms with van der Waals surface area (Å²) in [5, 5.41) is 4.15. The molecule has 7 heteroatoms. The minimum atomic E-state index is -0.603. The van der Waals surface area contributed by atoms with Gasteiger partial charge in [0.05, 0.1) is 6.20 Å². The van der Waals surface area contributed by atoms with Gasteiger partial charge in [-0.15, -0.1) is 0 Å². The van der Waals surface area contributed by atoms with Crippen molar-refractivity contribution in [1.29, 1.82) is 0 Å². The Hall–Kier alpha value is -2.44. The van der Waals surface area contributed by atoms with Crippen molar-refractivity contribution in [3.8, 4) is 0 Å². The molecule has 0 radical (unpaired) electrons. The number of amides is 2. The zero-order valence-corrected chi connectivity index (χ0v) is 14.3. The molecule has 1 aliphatic heterocycles. The molecule has 2 aromatic rings. The molecule has 3 rings (SSSR count). The van der Waals surface area contributed by atoms with E-state index < -0.39 is 5.91 Å². The predicted octanol–water partition coefficient (Wildman–Crippen LogP) is 1.87. The standard InChI is InChI=1S/C17H23N5O2/c1-4-17(2,3)13-6-5-9-21(13)16(24)12-7-8-19-15-11(14(18)23)10-20-22(12)15/h7-8,10,13H,4-6,9H2,1-3H3,(H2,18,23)/t13-/m1/s1. The van der Waals surface area contributed by atoms with Crippen LogP contribution in [0.4, 0.5) is 0 Å². The fraction of sp³-hybridized carbons (Fsp3) is 0.529. The quantitative estimate of drug-likeness (QED) is 0.926. The topological polar surface area (TPSA) is 93.6 Å². The lowest BCUT2D eigenvalue weighted by Gasteiger charge is -2.37. The van der Waals surface area contributed by atoms with E-state index in [9.17, 15) is 9.59 Å². The van der Waals surface area contributed by atoms with Gasteiger partial charge >= 0.3 is 0 Å². The summed E-state index contributed by atoms with van der Waals surface area (Å²) in [6, 6.07) is 1.84. The van der Waals surface area contributed by atoms with Gasteiger partial charge in [-0.2, -0.15) is 5.10 Å². The molecule has 0 aliphatic carbocycles. The maximum absolute atomic E-state index is 13.1. The second-order valence-corrected chi connectivity index (χ2v) is 6.99. The fourth-order valence-corrected chi connectivity index (χ4v) is 3.43. The summed E-state index contributed by atoms with van der Waals surface area (Å²) in [7, 11) is 0. The van der Waals surface area contributed by atoms with Crippen molar-refractivity contribution in [2.24, 2.45) is 11.1 Å². The summed E-state index contributed by atoms with van der Waals surface area (Å²) in [4.78, 5) is 30.7. The number of rotatable bonds is 4. The molecule has 7 nitrogen and oxygen atoms in total. The summed E-state index contributed by atoms with van der Waals surface area (Å²) >= 11 is 0. The number of nitrogens with two attached hydrogens (primary N) is 1. The molecule has 2 amide bonds. The lowest BCUT2D eigenvalue weighted by atomic mass is 9.80. The lowest BCUT2D eigenvalue weighted by Crippen LogP contribution is -2.44. The number of carbonyl (C=O) groups is 2. The first-order chi connectivity index (χ1) is 11.4. The van der Waals surface area contributed by atoms with Gasteiger partial charge in [-0.3, -0.25) is 9.59 Å². The van der Waals surface area contributed by atoms with Gasteiger partial charge in [0.2, 0.25) is 0 Å². The molecule has 0 unspecified atom stereocenters. The van der Waals surface area contributed by atoms with Gasteiger partial charge in [-0.05, 0) is 30.7 Å². The molecule has 0 spiro atoms. The van der Waals surface area contributed by atoms with Gasteiger partial charge in [-0.1, -0.05) is 20.8 Å².